The summed E-state index contributed by atoms with van der Waals surface area (Å²) in [5.74, 6) is 2.35. The van der Waals surface area contributed by atoms with Gasteiger partial charge in [0, 0.05) is 19.6 Å². The highest BCUT2D eigenvalue weighted by Crippen LogP contribution is 2.35. The fourth-order valence-electron chi connectivity index (χ4n) is 3.74. The zero-order valence-corrected chi connectivity index (χ0v) is 20.5. The van der Waals surface area contributed by atoms with Gasteiger partial charge in [-0.1, -0.05) is 13.8 Å². The Kier molecular flexibility index (Phi) is 8.84. The van der Waals surface area contributed by atoms with Crippen LogP contribution in [0.15, 0.2) is 23.1 Å². The van der Waals surface area contributed by atoms with Gasteiger partial charge in [0.2, 0.25) is 15.9 Å². The molecule has 2 aliphatic heterocycles. The molecule has 178 valence electrons. The predicted molar refractivity (Wildman–Crippen MR) is 127 cm³/mol. The van der Waals surface area contributed by atoms with Gasteiger partial charge in [0.05, 0.1) is 10.6 Å². The number of fused-ring (bicyclic) bond motifs is 1. The first-order valence-electron chi connectivity index (χ1n) is 11.2. The van der Waals surface area contributed by atoms with E-state index in [9.17, 15) is 18.0 Å². The van der Waals surface area contributed by atoms with Crippen LogP contribution < -0.4 is 15.0 Å². The van der Waals surface area contributed by atoms with Crippen molar-refractivity contribution in [1.82, 2.24) is 9.62 Å². The Balaban J connectivity index is 1.69. The van der Waals surface area contributed by atoms with E-state index in [4.69, 9.17) is 4.74 Å². The SMILES string of the molecule is CCCSCCCNC(=O)CN1C(=O)COc2ccc(S(=O)(=O)N3CCC(C)CC3)cc21. The van der Waals surface area contributed by atoms with Gasteiger partial charge in [-0.2, -0.15) is 16.1 Å². The third-order valence-corrected chi connectivity index (χ3v) is 8.86. The van der Waals surface area contributed by atoms with Crippen LogP contribution >= 0.6 is 11.8 Å². The van der Waals surface area contributed by atoms with Gasteiger partial charge in [0.15, 0.2) is 6.61 Å². The van der Waals surface area contributed by atoms with Crippen molar-refractivity contribution in [1.29, 1.82) is 0 Å². The van der Waals surface area contributed by atoms with Crippen molar-refractivity contribution in [3.63, 3.8) is 0 Å². The molecule has 2 aliphatic rings. The number of hydrogen-bond donors (Lipinski definition) is 1. The minimum absolute atomic E-state index is 0.113. The molecule has 0 saturated carbocycles. The lowest BCUT2D eigenvalue weighted by Gasteiger charge is -2.31. The molecule has 1 N–H and O–H groups in total. The molecule has 10 heteroatoms. The molecule has 1 aromatic carbocycles. The van der Waals surface area contributed by atoms with E-state index in [0.29, 0.717) is 37.0 Å². The summed E-state index contributed by atoms with van der Waals surface area (Å²) in [6, 6.07) is 4.53. The number of nitrogens with zero attached hydrogens (tertiary/aromatic N) is 2. The highest BCUT2D eigenvalue weighted by atomic mass is 32.2. The van der Waals surface area contributed by atoms with Crippen LogP contribution in [0.2, 0.25) is 0 Å². The zero-order valence-electron chi connectivity index (χ0n) is 18.8. The molecule has 0 aromatic heterocycles. The Morgan fingerprint density at radius 2 is 2.00 bits per heavy atom. The fraction of sp³-hybridized carbons (Fsp3) is 0.636. The first-order valence-corrected chi connectivity index (χ1v) is 13.8. The number of ether oxygens (including phenoxy) is 1. The molecule has 1 aromatic rings. The van der Waals surface area contributed by atoms with E-state index in [0.717, 1.165) is 37.2 Å². The van der Waals surface area contributed by atoms with Gasteiger partial charge in [-0.15, -0.1) is 0 Å². The van der Waals surface area contributed by atoms with Crippen LogP contribution in [0, 0.1) is 5.92 Å². The Morgan fingerprint density at radius 1 is 1.25 bits per heavy atom. The summed E-state index contributed by atoms with van der Waals surface area (Å²) in [4.78, 5) is 26.4. The maximum absolute atomic E-state index is 13.1. The Labute approximate surface area is 195 Å². The molecule has 1 saturated heterocycles. The second-order valence-electron chi connectivity index (χ2n) is 8.30. The van der Waals surface area contributed by atoms with Crippen LogP contribution in [0.4, 0.5) is 5.69 Å². The summed E-state index contributed by atoms with van der Waals surface area (Å²) in [5, 5.41) is 2.85. The summed E-state index contributed by atoms with van der Waals surface area (Å²) >= 11 is 1.85. The summed E-state index contributed by atoms with van der Waals surface area (Å²) in [6.45, 7) is 5.43. The van der Waals surface area contributed by atoms with Gasteiger partial charge < -0.3 is 10.1 Å². The van der Waals surface area contributed by atoms with Gasteiger partial charge in [0.1, 0.15) is 12.3 Å². The standard InChI is InChI=1S/C22H33N3O5S2/c1-3-12-31-13-4-9-23-21(26)15-25-19-14-18(5-6-20(19)30-16-22(25)27)32(28,29)24-10-7-17(2)8-11-24/h5-6,14,17H,3-4,7-13,15-16H2,1-2H3,(H,23,26). The Hall–Kier alpha value is -1.78. The van der Waals surface area contributed by atoms with Crippen LogP contribution in [-0.4, -0.2) is 68.8 Å². The second-order valence-corrected chi connectivity index (χ2v) is 11.5. The van der Waals surface area contributed by atoms with Crippen molar-refractivity contribution < 1.29 is 22.7 Å². The molecule has 0 radical (unpaired) electrons. The molecule has 0 unspecified atom stereocenters. The highest BCUT2D eigenvalue weighted by molar-refractivity contribution is 7.99. The lowest BCUT2D eigenvalue weighted by molar-refractivity contribution is -0.125. The molecule has 3 rings (SSSR count). The molecule has 2 heterocycles. The van der Waals surface area contributed by atoms with Gasteiger partial charge >= 0.3 is 0 Å². The van der Waals surface area contributed by atoms with Crippen molar-refractivity contribution in [2.24, 2.45) is 5.92 Å². The molecule has 0 bridgehead atoms. The summed E-state index contributed by atoms with van der Waals surface area (Å²) in [5.41, 5.74) is 0.321. The minimum Gasteiger partial charge on any atom is -0.482 e. The van der Waals surface area contributed by atoms with Gasteiger partial charge in [-0.3, -0.25) is 14.5 Å². The monoisotopic (exact) mass is 483 g/mol. The predicted octanol–water partition coefficient (Wildman–Crippen LogP) is 2.48. The number of hydrogen-bond acceptors (Lipinski definition) is 6. The topological polar surface area (TPSA) is 96.0 Å². The van der Waals surface area contributed by atoms with Crippen molar-refractivity contribution in [3.8, 4) is 5.75 Å². The molecule has 1 fully saturated rings. The number of amides is 2. The van der Waals surface area contributed by atoms with E-state index in [-0.39, 0.29) is 29.9 Å². The van der Waals surface area contributed by atoms with Gasteiger partial charge in [-0.05, 0) is 61.3 Å². The minimum atomic E-state index is -3.68. The average Bonchev–Trinajstić information content (AvgIpc) is 2.78. The number of carbonyl (C=O) groups excluding carboxylic acids is 2. The number of anilines is 1. The number of piperidine rings is 1. The van der Waals surface area contributed by atoms with Crippen molar-refractivity contribution in [3.05, 3.63) is 18.2 Å². The van der Waals surface area contributed by atoms with E-state index < -0.39 is 10.0 Å². The van der Waals surface area contributed by atoms with E-state index in [1.807, 2.05) is 11.8 Å². The quantitative estimate of drug-likeness (QED) is 0.514. The summed E-state index contributed by atoms with van der Waals surface area (Å²) in [6.07, 6.45) is 3.65. The number of rotatable bonds is 10. The number of thioether (sulfide) groups is 1. The molecule has 0 atom stereocenters. The Bertz CT molecular complexity index is 914. The first-order chi connectivity index (χ1) is 15.3. The fourth-order valence-corrected chi connectivity index (χ4v) is 6.07. The third kappa shape index (κ3) is 6.17. The number of nitrogens with one attached hydrogen (secondary N) is 1. The molecule has 8 nitrogen and oxygen atoms in total. The number of sulfonamides is 1. The van der Waals surface area contributed by atoms with E-state index in [1.165, 1.54) is 21.3 Å². The molecule has 0 aliphatic carbocycles. The largest absolute Gasteiger partial charge is 0.482 e. The average molecular weight is 484 g/mol. The van der Waals surface area contributed by atoms with Crippen molar-refractivity contribution in [2.75, 3.05) is 49.2 Å². The highest BCUT2D eigenvalue weighted by Gasteiger charge is 2.32. The van der Waals surface area contributed by atoms with E-state index in [2.05, 4.69) is 19.2 Å². The zero-order chi connectivity index (χ0) is 23.1. The van der Waals surface area contributed by atoms with Crippen LogP contribution in [0.3, 0.4) is 0 Å². The summed E-state index contributed by atoms with van der Waals surface area (Å²) in [7, 11) is -3.68. The second kappa shape index (κ2) is 11.4. The third-order valence-electron chi connectivity index (χ3n) is 5.69. The van der Waals surface area contributed by atoms with Crippen molar-refractivity contribution in [2.45, 2.75) is 44.4 Å². The van der Waals surface area contributed by atoms with E-state index in [1.54, 1.807) is 6.07 Å². The maximum Gasteiger partial charge on any atom is 0.265 e. The Morgan fingerprint density at radius 3 is 2.72 bits per heavy atom. The number of carbonyl (C=O) groups is 2. The number of benzene rings is 1. The summed E-state index contributed by atoms with van der Waals surface area (Å²) < 4.78 is 33.3. The lowest BCUT2D eigenvalue weighted by atomic mass is 10.0. The van der Waals surface area contributed by atoms with Crippen LogP contribution in [0.25, 0.3) is 0 Å². The van der Waals surface area contributed by atoms with Crippen LogP contribution in [-0.2, 0) is 19.6 Å². The lowest BCUT2D eigenvalue weighted by Crippen LogP contribution is -2.45. The van der Waals surface area contributed by atoms with Crippen LogP contribution in [0.1, 0.15) is 39.5 Å². The normalized spacial score (nSPS) is 17.7. The van der Waals surface area contributed by atoms with Crippen molar-refractivity contribution >= 4 is 39.3 Å². The molecular weight excluding hydrogens is 450 g/mol. The maximum atomic E-state index is 13.1. The van der Waals surface area contributed by atoms with Gasteiger partial charge in [-0.25, -0.2) is 8.42 Å². The first kappa shape index (κ1) is 24.9. The molecule has 32 heavy (non-hydrogen) atoms. The van der Waals surface area contributed by atoms with E-state index >= 15 is 0 Å². The van der Waals surface area contributed by atoms with Gasteiger partial charge in [0.25, 0.3) is 5.91 Å². The molecule has 0 spiro atoms. The molecular formula is C22H33N3O5S2. The van der Waals surface area contributed by atoms with Crippen LogP contribution in [0.5, 0.6) is 5.75 Å². The molecule has 2 amide bonds. The smallest absolute Gasteiger partial charge is 0.265 e.